The first-order valence-corrected chi connectivity index (χ1v) is 10.00. The van der Waals surface area contributed by atoms with Gasteiger partial charge in [0.05, 0.1) is 6.21 Å². The molecule has 0 fully saturated rings. The van der Waals surface area contributed by atoms with E-state index in [1.807, 2.05) is 45.0 Å². The van der Waals surface area contributed by atoms with Gasteiger partial charge in [-0.05, 0) is 54.8 Å². The summed E-state index contributed by atoms with van der Waals surface area (Å²) in [7, 11) is 0. The summed E-state index contributed by atoms with van der Waals surface area (Å²) in [5.41, 5.74) is 4.87. The molecule has 0 aliphatic rings. The van der Waals surface area contributed by atoms with E-state index in [1.54, 1.807) is 24.3 Å². The molecule has 8 heteroatoms. The summed E-state index contributed by atoms with van der Waals surface area (Å²) in [4.78, 5) is 35.3. The van der Waals surface area contributed by atoms with Gasteiger partial charge in [0.15, 0.2) is 6.61 Å². The molecule has 2 aromatic rings. The molecule has 3 amide bonds. The average molecular weight is 425 g/mol. The highest BCUT2D eigenvalue weighted by atomic mass is 16.5. The van der Waals surface area contributed by atoms with E-state index in [1.165, 1.54) is 6.21 Å². The van der Waals surface area contributed by atoms with Crippen molar-refractivity contribution >= 4 is 29.6 Å². The van der Waals surface area contributed by atoms with E-state index in [-0.39, 0.29) is 24.8 Å². The number of carbonyl (C=O) groups excluding carboxylic acids is 3. The molecule has 0 bridgehead atoms. The molecule has 0 aliphatic heterocycles. The zero-order valence-electron chi connectivity index (χ0n) is 18.0. The number of amides is 3. The molecule has 0 spiro atoms. The summed E-state index contributed by atoms with van der Waals surface area (Å²) >= 11 is 0. The van der Waals surface area contributed by atoms with E-state index in [0.717, 1.165) is 11.1 Å². The van der Waals surface area contributed by atoms with Gasteiger partial charge in [-0.25, -0.2) is 5.43 Å². The van der Waals surface area contributed by atoms with Gasteiger partial charge in [-0.1, -0.05) is 31.5 Å². The number of anilines is 1. The molecule has 31 heavy (non-hydrogen) atoms. The summed E-state index contributed by atoms with van der Waals surface area (Å²) in [6.45, 7) is 6.33. The van der Waals surface area contributed by atoms with Crippen LogP contribution in [0.1, 0.15) is 31.4 Å². The summed E-state index contributed by atoms with van der Waals surface area (Å²) in [5, 5.41) is 9.27. The number of hydrogen-bond donors (Lipinski definition) is 3. The van der Waals surface area contributed by atoms with Gasteiger partial charge in [0.25, 0.3) is 5.91 Å². The smallest absolute Gasteiger partial charge is 0.262 e. The Kier molecular flexibility index (Phi) is 9.22. The Morgan fingerprint density at radius 1 is 0.968 bits per heavy atom. The van der Waals surface area contributed by atoms with Gasteiger partial charge in [0.1, 0.15) is 12.2 Å². The first-order valence-electron chi connectivity index (χ1n) is 10.00. The first-order chi connectivity index (χ1) is 14.8. The zero-order valence-corrected chi connectivity index (χ0v) is 18.0. The monoisotopic (exact) mass is 424 g/mol. The summed E-state index contributed by atoms with van der Waals surface area (Å²) < 4.78 is 5.47. The van der Waals surface area contributed by atoms with E-state index in [4.69, 9.17) is 4.74 Å². The molecule has 164 valence electrons. The standard InChI is InChI=1S/C23H28N4O4/c1-16(2)13-24-21(28)12-22(29)27-25-14-18-6-10-20(11-7-18)31-15-23(30)26-19-8-4-17(3)5-9-19/h4-11,14,16H,12-13,15H2,1-3H3,(H,24,28)(H,26,30)(H,27,29)/b25-14+. The number of hydrogen-bond acceptors (Lipinski definition) is 5. The molecule has 0 unspecified atom stereocenters. The van der Waals surface area contributed by atoms with Crippen LogP contribution in [0.3, 0.4) is 0 Å². The van der Waals surface area contributed by atoms with Crippen LogP contribution in [0.15, 0.2) is 53.6 Å². The SMILES string of the molecule is Cc1ccc(NC(=O)COc2ccc(/C=N/NC(=O)CC(=O)NCC(C)C)cc2)cc1. The number of nitrogens with one attached hydrogen (secondary N) is 3. The third kappa shape index (κ3) is 9.58. The van der Waals surface area contributed by atoms with Crippen LogP contribution < -0.4 is 20.8 Å². The predicted octanol–water partition coefficient (Wildman–Crippen LogP) is 2.62. The van der Waals surface area contributed by atoms with E-state index in [2.05, 4.69) is 21.2 Å². The second-order valence-corrected chi connectivity index (χ2v) is 7.44. The Hall–Kier alpha value is -3.68. The molecule has 0 saturated heterocycles. The highest BCUT2D eigenvalue weighted by Gasteiger charge is 2.08. The minimum absolute atomic E-state index is 0.115. The number of rotatable bonds is 10. The Bertz CT molecular complexity index is 906. The van der Waals surface area contributed by atoms with Gasteiger partial charge in [-0.3, -0.25) is 14.4 Å². The summed E-state index contributed by atoms with van der Waals surface area (Å²) in [5.74, 6) is -0.234. The minimum atomic E-state index is -0.489. The minimum Gasteiger partial charge on any atom is -0.484 e. The van der Waals surface area contributed by atoms with Gasteiger partial charge in [-0.2, -0.15) is 5.10 Å². The van der Waals surface area contributed by atoms with Crippen LogP contribution in [0.2, 0.25) is 0 Å². The Labute approximate surface area is 182 Å². The van der Waals surface area contributed by atoms with E-state index in [0.29, 0.717) is 23.9 Å². The average Bonchev–Trinajstić information content (AvgIpc) is 2.73. The second-order valence-electron chi connectivity index (χ2n) is 7.44. The number of hydrazone groups is 1. The maximum Gasteiger partial charge on any atom is 0.262 e. The molecule has 0 atom stereocenters. The maximum absolute atomic E-state index is 12.0. The van der Waals surface area contributed by atoms with Crippen molar-refractivity contribution in [3.05, 3.63) is 59.7 Å². The van der Waals surface area contributed by atoms with Gasteiger partial charge in [-0.15, -0.1) is 0 Å². The van der Waals surface area contributed by atoms with Crippen molar-refractivity contribution in [2.24, 2.45) is 11.0 Å². The molecule has 2 aromatic carbocycles. The van der Waals surface area contributed by atoms with Crippen LogP contribution in [0.5, 0.6) is 5.75 Å². The van der Waals surface area contributed by atoms with Crippen molar-refractivity contribution < 1.29 is 19.1 Å². The molecule has 0 radical (unpaired) electrons. The van der Waals surface area contributed by atoms with Crippen molar-refractivity contribution in [1.29, 1.82) is 0 Å². The lowest BCUT2D eigenvalue weighted by atomic mass is 10.2. The molecule has 3 N–H and O–H groups in total. The van der Waals surface area contributed by atoms with Crippen molar-refractivity contribution in [1.82, 2.24) is 10.7 Å². The van der Waals surface area contributed by atoms with Crippen LogP contribution in [0.4, 0.5) is 5.69 Å². The highest BCUT2D eigenvalue weighted by Crippen LogP contribution is 2.12. The number of benzene rings is 2. The summed E-state index contributed by atoms with van der Waals surface area (Å²) in [6.07, 6.45) is 1.18. The molecule has 0 heterocycles. The first kappa shape index (κ1) is 23.6. The lowest BCUT2D eigenvalue weighted by Gasteiger charge is -2.08. The molecular weight excluding hydrogens is 396 g/mol. The molecular formula is C23H28N4O4. The van der Waals surface area contributed by atoms with Gasteiger partial charge >= 0.3 is 0 Å². The fourth-order valence-corrected chi connectivity index (χ4v) is 2.38. The van der Waals surface area contributed by atoms with Crippen molar-refractivity contribution in [2.75, 3.05) is 18.5 Å². The highest BCUT2D eigenvalue weighted by molar-refractivity contribution is 5.97. The van der Waals surface area contributed by atoms with Gasteiger partial charge in [0.2, 0.25) is 11.8 Å². The van der Waals surface area contributed by atoms with Crippen molar-refractivity contribution in [2.45, 2.75) is 27.2 Å². The van der Waals surface area contributed by atoms with Crippen LogP contribution in [0.25, 0.3) is 0 Å². The molecule has 0 saturated carbocycles. The number of ether oxygens (including phenoxy) is 1. The molecule has 8 nitrogen and oxygen atoms in total. The fourth-order valence-electron chi connectivity index (χ4n) is 2.38. The molecule has 2 rings (SSSR count). The van der Waals surface area contributed by atoms with Crippen molar-refractivity contribution in [3.8, 4) is 5.75 Å². The lowest BCUT2D eigenvalue weighted by Crippen LogP contribution is -2.32. The van der Waals surface area contributed by atoms with E-state index in [9.17, 15) is 14.4 Å². The lowest BCUT2D eigenvalue weighted by molar-refractivity contribution is -0.129. The Morgan fingerprint density at radius 2 is 1.65 bits per heavy atom. The molecule has 0 aliphatic carbocycles. The summed E-state index contributed by atoms with van der Waals surface area (Å²) in [6, 6.07) is 14.4. The zero-order chi connectivity index (χ0) is 22.6. The number of nitrogens with zero attached hydrogens (tertiary/aromatic N) is 1. The van der Waals surface area contributed by atoms with Crippen LogP contribution >= 0.6 is 0 Å². The third-order valence-corrected chi connectivity index (χ3v) is 4.02. The van der Waals surface area contributed by atoms with Crippen molar-refractivity contribution in [3.63, 3.8) is 0 Å². The van der Waals surface area contributed by atoms with Crippen LogP contribution in [-0.4, -0.2) is 37.1 Å². The normalized spacial score (nSPS) is 10.7. The fraction of sp³-hybridized carbons (Fsp3) is 0.304. The third-order valence-electron chi connectivity index (χ3n) is 4.02. The topological polar surface area (TPSA) is 109 Å². The Balaban J connectivity index is 1.72. The predicted molar refractivity (Wildman–Crippen MR) is 120 cm³/mol. The van der Waals surface area contributed by atoms with E-state index < -0.39 is 5.91 Å². The van der Waals surface area contributed by atoms with Crippen LogP contribution in [0, 0.1) is 12.8 Å². The van der Waals surface area contributed by atoms with E-state index >= 15 is 0 Å². The Morgan fingerprint density at radius 3 is 2.29 bits per heavy atom. The second kappa shape index (κ2) is 12.1. The van der Waals surface area contributed by atoms with Gasteiger partial charge < -0.3 is 15.4 Å². The van der Waals surface area contributed by atoms with Gasteiger partial charge in [0, 0.05) is 12.2 Å². The van der Waals surface area contributed by atoms with Crippen LogP contribution in [-0.2, 0) is 14.4 Å². The quantitative estimate of drug-likeness (QED) is 0.309. The largest absolute Gasteiger partial charge is 0.484 e. The number of carbonyl (C=O) groups is 3. The molecule has 0 aromatic heterocycles. The number of aryl methyl sites for hydroxylation is 1. The maximum atomic E-state index is 12.0.